The number of hydrogen-bond acceptors (Lipinski definition) is 2. The van der Waals surface area contributed by atoms with Gasteiger partial charge in [-0.25, -0.2) is 4.39 Å². The first-order valence-corrected chi connectivity index (χ1v) is 6.80. The highest BCUT2D eigenvalue weighted by Gasteiger charge is 2.47. The monoisotopic (exact) mass is 314 g/mol. The normalized spacial score (nSPS) is 20.3. The summed E-state index contributed by atoms with van der Waals surface area (Å²) in [6, 6.07) is 7.35. The summed E-state index contributed by atoms with van der Waals surface area (Å²) in [6.45, 7) is -1.58. The van der Waals surface area contributed by atoms with Crippen molar-refractivity contribution in [2.75, 3.05) is 13.1 Å². The number of hydrogen-bond donors (Lipinski definition) is 0. The molecule has 0 radical (unpaired) electrons. The van der Waals surface area contributed by atoms with E-state index in [1.807, 2.05) is 0 Å². The third-order valence-corrected chi connectivity index (χ3v) is 3.58. The summed E-state index contributed by atoms with van der Waals surface area (Å²) >= 11 is 0. The van der Waals surface area contributed by atoms with Gasteiger partial charge in [-0.3, -0.25) is 4.79 Å². The van der Waals surface area contributed by atoms with Crippen molar-refractivity contribution in [1.29, 1.82) is 5.26 Å². The van der Waals surface area contributed by atoms with E-state index in [4.69, 9.17) is 5.26 Å². The molecule has 22 heavy (non-hydrogen) atoms. The van der Waals surface area contributed by atoms with Crippen molar-refractivity contribution in [3.8, 4) is 6.07 Å². The number of nitrogens with zero attached hydrogens (tertiary/aromatic N) is 2. The molecular formula is C15H14F4N2O. The first-order valence-electron chi connectivity index (χ1n) is 6.80. The molecule has 1 saturated carbocycles. The summed E-state index contributed by atoms with van der Waals surface area (Å²) in [6.07, 6.45) is -4.19. The number of halogens is 4. The summed E-state index contributed by atoms with van der Waals surface area (Å²) in [5, 5.41) is 8.50. The molecule has 0 aliphatic heterocycles. The SMILES string of the molecule is N#CCCN(CC(F)(F)F)C(=O)[C@H]1C[C@H]1c1ccc(F)cc1. The number of alkyl halides is 3. The van der Waals surface area contributed by atoms with Gasteiger partial charge in [-0.15, -0.1) is 0 Å². The van der Waals surface area contributed by atoms with E-state index in [2.05, 4.69) is 0 Å². The van der Waals surface area contributed by atoms with Gasteiger partial charge in [0.15, 0.2) is 0 Å². The molecule has 2 atom stereocenters. The van der Waals surface area contributed by atoms with Gasteiger partial charge in [0, 0.05) is 12.5 Å². The van der Waals surface area contributed by atoms with Gasteiger partial charge in [0.1, 0.15) is 12.4 Å². The third kappa shape index (κ3) is 4.20. The molecule has 0 spiro atoms. The van der Waals surface area contributed by atoms with Crippen LogP contribution >= 0.6 is 0 Å². The number of carbonyl (C=O) groups excluding carboxylic acids is 1. The highest BCUT2D eigenvalue weighted by Crippen LogP contribution is 2.48. The second-order valence-corrected chi connectivity index (χ2v) is 5.28. The molecule has 0 aromatic heterocycles. The van der Waals surface area contributed by atoms with Crippen LogP contribution in [0.1, 0.15) is 24.3 Å². The molecule has 3 nitrogen and oxygen atoms in total. The molecule has 0 unspecified atom stereocenters. The van der Waals surface area contributed by atoms with Crippen molar-refractivity contribution in [1.82, 2.24) is 4.90 Å². The molecule has 0 bridgehead atoms. The molecular weight excluding hydrogens is 300 g/mol. The molecule has 1 aromatic rings. The van der Waals surface area contributed by atoms with Crippen molar-refractivity contribution in [2.24, 2.45) is 5.92 Å². The van der Waals surface area contributed by atoms with Crippen molar-refractivity contribution < 1.29 is 22.4 Å². The lowest BCUT2D eigenvalue weighted by Crippen LogP contribution is -2.40. The summed E-state index contributed by atoms with van der Waals surface area (Å²) in [4.78, 5) is 12.9. The number of carbonyl (C=O) groups is 1. The average Bonchev–Trinajstić information content (AvgIpc) is 3.22. The highest BCUT2D eigenvalue weighted by molar-refractivity contribution is 5.83. The maximum atomic E-state index is 12.8. The zero-order valence-electron chi connectivity index (χ0n) is 11.6. The van der Waals surface area contributed by atoms with Crippen molar-refractivity contribution in [2.45, 2.75) is 24.9 Å². The lowest BCUT2D eigenvalue weighted by atomic mass is 10.1. The molecule has 1 amide bonds. The summed E-state index contributed by atoms with van der Waals surface area (Å²) in [5.41, 5.74) is 0.743. The Morgan fingerprint density at radius 3 is 2.50 bits per heavy atom. The van der Waals surface area contributed by atoms with E-state index < -0.39 is 30.4 Å². The first kappa shape index (κ1) is 16.3. The van der Waals surface area contributed by atoms with Crippen LogP contribution < -0.4 is 0 Å². The van der Waals surface area contributed by atoms with Crippen LogP contribution in [-0.2, 0) is 4.79 Å². The maximum absolute atomic E-state index is 12.8. The van der Waals surface area contributed by atoms with E-state index in [0.29, 0.717) is 11.3 Å². The Morgan fingerprint density at radius 1 is 1.32 bits per heavy atom. The molecule has 2 rings (SSSR count). The lowest BCUT2D eigenvalue weighted by molar-refractivity contribution is -0.162. The van der Waals surface area contributed by atoms with Crippen LogP contribution in [0.15, 0.2) is 24.3 Å². The summed E-state index contributed by atoms with van der Waals surface area (Å²) in [7, 11) is 0. The second kappa shape index (κ2) is 6.34. The Bertz CT molecular complexity index is 577. The van der Waals surface area contributed by atoms with E-state index in [-0.39, 0.29) is 18.9 Å². The first-order chi connectivity index (χ1) is 10.3. The van der Waals surface area contributed by atoms with Crippen molar-refractivity contribution >= 4 is 5.91 Å². The van der Waals surface area contributed by atoms with E-state index in [1.165, 1.54) is 24.3 Å². The molecule has 0 N–H and O–H groups in total. The van der Waals surface area contributed by atoms with Gasteiger partial charge in [-0.1, -0.05) is 12.1 Å². The zero-order valence-corrected chi connectivity index (χ0v) is 11.6. The minimum atomic E-state index is -4.49. The predicted molar refractivity (Wildman–Crippen MR) is 70.1 cm³/mol. The highest BCUT2D eigenvalue weighted by atomic mass is 19.4. The van der Waals surface area contributed by atoms with Gasteiger partial charge in [0.2, 0.25) is 5.91 Å². The standard InChI is InChI=1S/C15H14F4N2O/c16-11-4-2-10(3-5-11)12-8-13(12)14(22)21(7-1-6-20)9-15(17,18)19/h2-5,12-13H,1,7-9H2/t12-,13-/m0/s1. The topological polar surface area (TPSA) is 44.1 Å². The quantitative estimate of drug-likeness (QED) is 0.783. The van der Waals surface area contributed by atoms with Crippen LogP contribution in [0.4, 0.5) is 17.6 Å². The van der Waals surface area contributed by atoms with Gasteiger partial charge in [0.05, 0.1) is 12.5 Å². The van der Waals surface area contributed by atoms with Crippen LogP contribution in [0, 0.1) is 23.1 Å². The predicted octanol–water partition coefficient (Wildman–Crippen LogP) is 3.23. The minimum Gasteiger partial charge on any atom is -0.332 e. The molecule has 1 aliphatic rings. The fourth-order valence-corrected chi connectivity index (χ4v) is 2.45. The average molecular weight is 314 g/mol. The molecule has 0 saturated heterocycles. The maximum Gasteiger partial charge on any atom is 0.406 e. The number of rotatable bonds is 5. The van der Waals surface area contributed by atoms with E-state index in [0.717, 1.165) is 5.56 Å². The lowest BCUT2D eigenvalue weighted by Gasteiger charge is -2.23. The van der Waals surface area contributed by atoms with Crippen LogP contribution in [0.2, 0.25) is 0 Å². The van der Waals surface area contributed by atoms with Crippen LogP contribution in [0.5, 0.6) is 0 Å². The fraction of sp³-hybridized carbons (Fsp3) is 0.467. The second-order valence-electron chi connectivity index (χ2n) is 5.28. The Labute approximate surface area is 125 Å². The Morgan fingerprint density at radius 2 is 1.95 bits per heavy atom. The number of benzene rings is 1. The Hall–Kier alpha value is -2.10. The van der Waals surface area contributed by atoms with Crippen LogP contribution in [0.25, 0.3) is 0 Å². The smallest absolute Gasteiger partial charge is 0.332 e. The minimum absolute atomic E-state index is 0.143. The van der Waals surface area contributed by atoms with Crippen LogP contribution in [-0.4, -0.2) is 30.1 Å². The van der Waals surface area contributed by atoms with Gasteiger partial charge >= 0.3 is 6.18 Å². The van der Waals surface area contributed by atoms with E-state index in [1.54, 1.807) is 6.07 Å². The Balaban J connectivity index is 2.02. The molecule has 1 fully saturated rings. The molecule has 1 aliphatic carbocycles. The summed E-state index contributed by atoms with van der Waals surface area (Å²) in [5.74, 6) is -1.70. The number of nitriles is 1. The molecule has 118 valence electrons. The third-order valence-electron chi connectivity index (χ3n) is 3.58. The van der Waals surface area contributed by atoms with Crippen molar-refractivity contribution in [3.63, 3.8) is 0 Å². The molecule has 0 heterocycles. The molecule has 7 heteroatoms. The fourth-order valence-electron chi connectivity index (χ4n) is 2.45. The summed E-state index contributed by atoms with van der Waals surface area (Å²) < 4.78 is 50.4. The van der Waals surface area contributed by atoms with Crippen molar-refractivity contribution in [3.05, 3.63) is 35.6 Å². The largest absolute Gasteiger partial charge is 0.406 e. The van der Waals surface area contributed by atoms with E-state index in [9.17, 15) is 22.4 Å². The number of amides is 1. The van der Waals surface area contributed by atoms with Gasteiger partial charge in [0.25, 0.3) is 0 Å². The van der Waals surface area contributed by atoms with Gasteiger partial charge in [-0.05, 0) is 30.0 Å². The van der Waals surface area contributed by atoms with E-state index >= 15 is 0 Å². The Kier molecular flexibility index (Phi) is 4.69. The van der Waals surface area contributed by atoms with Gasteiger partial charge < -0.3 is 4.90 Å². The van der Waals surface area contributed by atoms with Crippen LogP contribution in [0.3, 0.4) is 0 Å². The molecule has 1 aromatic carbocycles. The van der Waals surface area contributed by atoms with Gasteiger partial charge in [-0.2, -0.15) is 18.4 Å². The zero-order chi connectivity index (χ0) is 16.3.